The minimum atomic E-state index is -0.682. The van der Waals surface area contributed by atoms with Crippen molar-refractivity contribution in [3.63, 3.8) is 0 Å². The maximum atomic E-state index is 13.1. The van der Waals surface area contributed by atoms with Gasteiger partial charge in [-0.2, -0.15) is 0 Å². The molecule has 0 aliphatic carbocycles. The summed E-state index contributed by atoms with van der Waals surface area (Å²) in [4.78, 5) is 37.6. The van der Waals surface area contributed by atoms with E-state index in [1.165, 1.54) is 70.9 Å². The summed E-state index contributed by atoms with van der Waals surface area (Å²) in [5.74, 6) is 0.467. The van der Waals surface area contributed by atoms with Gasteiger partial charge in [0.15, 0.2) is 11.5 Å². The molecule has 0 fully saturated rings. The SMILES string of the molecule is COC(=O)c1ccc(Oc2c(C)oc3cc(OC(=O)c4cc(OC)c(OC)c(OC)c4)ccc3c2=O)cc1. The molecule has 0 saturated carbocycles. The van der Waals surface area contributed by atoms with E-state index >= 15 is 0 Å². The molecule has 4 aromatic rings. The Labute approximate surface area is 217 Å². The van der Waals surface area contributed by atoms with Crippen molar-refractivity contribution in [1.29, 1.82) is 0 Å². The summed E-state index contributed by atoms with van der Waals surface area (Å²) in [6.45, 7) is 1.58. The van der Waals surface area contributed by atoms with Crippen LogP contribution < -0.4 is 29.1 Å². The average molecular weight is 520 g/mol. The van der Waals surface area contributed by atoms with Gasteiger partial charge in [0, 0.05) is 6.07 Å². The molecule has 0 atom stereocenters. The molecular formula is C28H24O10. The lowest BCUT2D eigenvalue weighted by atomic mass is 10.1. The van der Waals surface area contributed by atoms with E-state index in [2.05, 4.69) is 4.74 Å². The molecule has 1 heterocycles. The van der Waals surface area contributed by atoms with Gasteiger partial charge in [-0.15, -0.1) is 0 Å². The van der Waals surface area contributed by atoms with E-state index in [1.54, 1.807) is 19.1 Å². The molecular weight excluding hydrogens is 496 g/mol. The second-order valence-corrected chi connectivity index (χ2v) is 7.90. The van der Waals surface area contributed by atoms with Crippen LogP contribution in [0.5, 0.6) is 34.5 Å². The number of carbonyl (C=O) groups is 2. The summed E-state index contributed by atoms with van der Waals surface area (Å²) < 4.78 is 37.6. The van der Waals surface area contributed by atoms with E-state index in [-0.39, 0.29) is 33.8 Å². The first kappa shape index (κ1) is 26.1. The highest BCUT2D eigenvalue weighted by molar-refractivity contribution is 5.93. The Morgan fingerprint density at radius 2 is 1.34 bits per heavy atom. The molecule has 3 aromatic carbocycles. The van der Waals surface area contributed by atoms with Gasteiger partial charge in [0.1, 0.15) is 22.8 Å². The van der Waals surface area contributed by atoms with Crippen LogP contribution in [0.15, 0.2) is 63.8 Å². The monoisotopic (exact) mass is 520 g/mol. The summed E-state index contributed by atoms with van der Waals surface area (Å²) in [7, 11) is 5.63. The number of fused-ring (bicyclic) bond motifs is 1. The minimum Gasteiger partial charge on any atom is -0.493 e. The molecule has 1 aromatic heterocycles. The summed E-state index contributed by atoms with van der Waals surface area (Å²) >= 11 is 0. The van der Waals surface area contributed by atoms with Crippen LogP contribution in [-0.4, -0.2) is 40.4 Å². The van der Waals surface area contributed by atoms with E-state index in [1.807, 2.05) is 0 Å². The van der Waals surface area contributed by atoms with Crippen molar-refractivity contribution in [2.75, 3.05) is 28.4 Å². The van der Waals surface area contributed by atoms with Gasteiger partial charge in [-0.25, -0.2) is 9.59 Å². The fourth-order valence-electron chi connectivity index (χ4n) is 3.71. The van der Waals surface area contributed by atoms with Crippen molar-refractivity contribution in [3.8, 4) is 34.5 Å². The van der Waals surface area contributed by atoms with Crippen LogP contribution >= 0.6 is 0 Å². The maximum absolute atomic E-state index is 13.1. The molecule has 0 aliphatic rings. The number of esters is 2. The topological polar surface area (TPSA) is 120 Å². The van der Waals surface area contributed by atoms with Crippen LogP contribution in [-0.2, 0) is 4.74 Å². The average Bonchev–Trinajstić information content (AvgIpc) is 2.94. The van der Waals surface area contributed by atoms with Gasteiger partial charge in [0.25, 0.3) is 0 Å². The van der Waals surface area contributed by atoms with Gasteiger partial charge in [-0.3, -0.25) is 4.79 Å². The Balaban J connectivity index is 1.60. The lowest BCUT2D eigenvalue weighted by molar-refractivity contribution is 0.0600. The fourth-order valence-corrected chi connectivity index (χ4v) is 3.71. The third-order valence-electron chi connectivity index (χ3n) is 5.59. The molecule has 0 aliphatic heterocycles. The van der Waals surface area contributed by atoms with Crippen LogP contribution in [0, 0.1) is 6.92 Å². The number of hydrogen-bond donors (Lipinski definition) is 0. The van der Waals surface area contributed by atoms with E-state index < -0.39 is 17.4 Å². The molecule has 10 nitrogen and oxygen atoms in total. The molecule has 38 heavy (non-hydrogen) atoms. The lowest BCUT2D eigenvalue weighted by Gasteiger charge is -2.14. The van der Waals surface area contributed by atoms with Gasteiger partial charge in [0.05, 0.1) is 45.0 Å². The largest absolute Gasteiger partial charge is 0.493 e. The number of benzene rings is 3. The quantitative estimate of drug-likeness (QED) is 0.234. The first-order valence-electron chi connectivity index (χ1n) is 11.3. The Morgan fingerprint density at radius 3 is 1.92 bits per heavy atom. The number of hydrogen-bond acceptors (Lipinski definition) is 10. The molecule has 4 rings (SSSR count). The molecule has 0 unspecified atom stereocenters. The minimum absolute atomic E-state index is 0.00881. The molecule has 0 saturated heterocycles. The number of aryl methyl sites for hydroxylation is 1. The molecule has 0 spiro atoms. The smallest absolute Gasteiger partial charge is 0.343 e. The van der Waals surface area contributed by atoms with Crippen molar-refractivity contribution in [1.82, 2.24) is 0 Å². The molecule has 0 bridgehead atoms. The highest BCUT2D eigenvalue weighted by Crippen LogP contribution is 2.38. The van der Waals surface area contributed by atoms with Crippen LogP contribution in [0.3, 0.4) is 0 Å². The lowest BCUT2D eigenvalue weighted by Crippen LogP contribution is -2.11. The summed E-state index contributed by atoms with van der Waals surface area (Å²) in [6.07, 6.45) is 0. The van der Waals surface area contributed by atoms with Crippen LogP contribution in [0.4, 0.5) is 0 Å². The predicted molar refractivity (Wildman–Crippen MR) is 136 cm³/mol. The summed E-state index contributed by atoms with van der Waals surface area (Å²) in [6, 6.07) is 13.5. The van der Waals surface area contributed by atoms with E-state index in [0.29, 0.717) is 28.6 Å². The molecule has 0 amide bonds. The second-order valence-electron chi connectivity index (χ2n) is 7.90. The first-order valence-corrected chi connectivity index (χ1v) is 11.3. The maximum Gasteiger partial charge on any atom is 0.343 e. The van der Waals surface area contributed by atoms with E-state index in [9.17, 15) is 14.4 Å². The highest BCUT2D eigenvalue weighted by atomic mass is 16.5. The number of methoxy groups -OCH3 is 4. The van der Waals surface area contributed by atoms with Crippen molar-refractivity contribution in [2.45, 2.75) is 6.92 Å². The number of ether oxygens (including phenoxy) is 6. The Bertz CT molecular complexity index is 1540. The Hall–Kier alpha value is -4.99. The zero-order valence-corrected chi connectivity index (χ0v) is 21.3. The summed E-state index contributed by atoms with van der Waals surface area (Å²) in [5.41, 5.74) is 0.300. The van der Waals surface area contributed by atoms with Gasteiger partial charge in [0.2, 0.25) is 16.9 Å². The number of carbonyl (C=O) groups excluding carboxylic acids is 2. The fraction of sp³-hybridized carbons (Fsp3) is 0.179. The zero-order valence-electron chi connectivity index (χ0n) is 21.3. The van der Waals surface area contributed by atoms with E-state index in [4.69, 9.17) is 28.1 Å². The van der Waals surface area contributed by atoms with Crippen LogP contribution in [0.2, 0.25) is 0 Å². The van der Waals surface area contributed by atoms with Crippen molar-refractivity contribution in [3.05, 3.63) is 81.7 Å². The molecule has 10 heteroatoms. The Kier molecular flexibility index (Phi) is 7.52. The van der Waals surface area contributed by atoms with E-state index in [0.717, 1.165) is 0 Å². The van der Waals surface area contributed by atoms with Crippen LogP contribution in [0.25, 0.3) is 11.0 Å². The molecule has 196 valence electrons. The van der Waals surface area contributed by atoms with Crippen molar-refractivity contribution >= 4 is 22.9 Å². The van der Waals surface area contributed by atoms with Crippen molar-refractivity contribution < 1.29 is 42.4 Å². The van der Waals surface area contributed by atoms with Gasteiger partial charge >= 0.3 is 11.9 Å². The summed E-state index contributed by atoms with van der Waals surface area (Å²) in [5, 5.41) is 0.226. The zero-order chi connectivity index (χ0) is 27.4. The van der Waals surface area contributed by atoms with Gasteiger partial charge in [-0.1, -0.05) is 0 Å². The van der Waals surface area contributed by atoms with Gasteiger partial charge in [-0.05, 0) is 55.5 Å². The Morgan fingerprint density at radius 1 is 0.711 bits per heavy atom. The highest BCUT2D eigenvalue weighted by Gasteiger charge is 2.20. The molecule has 0 N–H and O–H groups in total. The standard InChI is InChI=1S/C28H24O10/c1-15-25(37-18-8-6-16(7-9-18)27(30)35-5)24(29)20-11-10-19(14-21(20)36-15)38-28(31)17-12-22(32-2)26(34-4)23(13-17)33-3/h6-14H,1-5H3. The van der Waals surface area contributed by atoms with Crippen LogP contribution in [0.1, 0.15) is 26.5 Å². The predicted octanol–water partition coefficient (Wildman–Crippen LogP) is 4.93. The third kappa shape index (κ3) is 5.10. The molecule has 0 radical (unpaired) electrons. The van der Waals surface area contributed by atoms with Gasteiger partial charge < -0.3 is 32.8 Å². The first-order chi connectivity index (χ1) is 18.3. The third-order valence-corrected chi connectivity index (χ3v) is 5.59. The van der Waals surface area contributed by atoms with Crippen molar-refractivity contribution in [2.24, 2.45) is 0 Å². The second kappa shape index (κ2) is 11.0. The number of rotatable bonds is 8. The normalized spacial score (nSPS) is 10.6.